The van der Waals surface area contributed by atoms with Gasteiger partial charge in [-0.05, 0) is 30.3 Å². The molecule has 0 bridgehead atoms. The van der Waals surface area contributed by atoms with Crippen molar-refractivity contribution in [1.82, 2.24) is 14.1 Å². The minimum absolute atomic E-state index is 0.0723. The molecule has 4 rings (SSSR count). The van der Waals surface area contributed by atoms with Crippen molar-refractivity contribution in [2.24, 2.45) is 7.05 Å². The third-order valence-corrected chi connectivity index (χ3v) is 5.13. The Bertz CT molecular complexity index is 1530. The quantitative estimate of drug-likeness (QED) is 0.415. The third-order valence-electron chi connectivity index (χ3n) is 5.13. The van der Waals surface area contributed by atoms with Crippen molar-refractivity contribution >= 4 is 22.6 Å². The number of nitrogens with zero attached hydrogens (tertiary/aromatic N) is 2. The van der Waals surface area contributed by atoms with Gasteiger partial charge in [-0.25, -0.2) is 9.36 Å². The largest absolute Gasteiger partial charge is 0.416 e. The number of hydrogen-bond donors (Lipinski definition) is 2. The number of alkyl halides is 6. The number of aryl methyl sites for hydroxylation is 1. The third kappa shape index (κ3) is 4.44. The Morgan fingerprint density at radius 1 is 0.914 bits per heavy atom. The first-order valence-corrected chi connectivity index (χ1v) is 9.78. The second kappa shape index (κ2) is 8.18. The maximum atomic E-state index is 13.1. The predicted octanol–water partition coefficient (Wildman–Crippen LogP) is 4.31. The Kier molecular flexibility index (Phi) is 5.58. The number of aromatic nitrogens is 3. The minimum atomic E-state index is -5.10. The van der Waals surface area contributed by atoms with Crippen molar-refractivity contribution < 1.29 is 31.1 Å². The maximum Gasteiger partial charge on any atom is 0.416 e. The van der Waals surface area contributed by atoms with Crippen molar-refractivity contribution in [2.75, 3.05) is 5.32 Å². The molecule has 182 valence electrons. The van der Waals surface area contributed by atoms with Crippen molar-refractivity contribution in [1.29, 1.82) is 0 Å². The van der Waals surface area contributed by atoms with Crippen molar-refractivity contribution in [3.8, 4) is 5.69 Å². The number of H-pyrrole nitrogens is 1. The number of anilines is 1. The molecule has 0 fully saturated rings. The molecule has 13 heteroatoms. The van der Waals surface area contributed by atoms with E-state index in [2.05, 4.69) is 4.98 Å². The average Bonchev–Trinajstić information content (AvgIpc) is 3.09. The molecule has 0 spiro atoms. The van der Waals surface area contributed by atoms with Gasteiger partial charge in [0.15, 0.2) is 0 Å². The molecule has 0 unspecified atom stereocenters. The smallest absolute Gasteiger partial charge is 0.344 e. The summed E-state index contributed by atoms with van der Waals surface area (Å²) in [7, 11) is 1.39. The number of carbonyl (C=O) groups excluding carboxylic acids is 1. The summed E-state index contributed by atoms with van der Waals surface area (Å²) in [5.74, 6) is -1.13. The van der Waals surface area contributed by atoms with Gasteiger partial charge >= 0.3 is 18.0 Å². The van der Waals surface area contributed by atoms with E-state index in [-0.39, 0.29) is 28.4 Å². The summed E-state index contributed by atoms with van der Waals surface area (Å²) in [4.78, 5) is 40.9. The molecule has 0 aliphatic rings. The van der Waals surface area contributed by atoms with Gasteiger partial charge in [0.05, 0.1) is 27.9 Å². The molecule has 0 atom stereocenters. The molecule has 7 nitrogen and oxygen atoms in total. The Morgan fingerprint density at radius 3 is 2.03 bits per heavy atom. The number of fused-ring (bicyclic) bond motifs is 1. The molecule has 0 radical (unpaired) electrons. The number of para-hydroxylation sites is 1. The van der Waals surface area contributed by atoms with Gasteiger partial charge in [-0.3, -0.25) is 9.59 Å². The van der Waals surface area contributed by atoms with E-state index >= 15 is 0 Å². The van der Waals surface area contributed by atoms with E-state index in [1.54, 1.807) is 18.2 Å². The van der Waals surface area contributed by atoms with Crippen LogP contribution in [0.5, 0.6) is 0 Å². The van der Waals surface area contributed by atoms with Crippen molar-refractivity contribution in [3.63, 3.8) is 0 Å². The number of amides is 1. The minimum Gasteiger partial charge on any atom is -0.344 e. The van der Waals surface area contributed by atoms with Crippen LogP contribution in [0.2, 0.25) is 0 Å². The van der Waals surface area contributed by atoms with E-state index < -0.39 is 46.3 Å². The number of hydrogen-bond acceptors (Lipinski definition) is 3. The SMILES string of the molecule is Cn1cc(C(=O)Nc2cc(C(F)(F)F)cc(C(F)(F)F)c2)c2[nH]c(=O)n(-c3ccccc3)c(=O)c21. The van der Waals surface area contributed by atoms with E-state index in [9.17, 15) is 40.7 Å². The first-order valence-electron chi connectivity index (χ1n) is 9.78. The van der Waals surface area contributed by atoms with Crippen LogP contribution in [0, 0.1) is 0 Å². The van der Waals surface area contributed by atoms with Crippen LogP contribution in [-0.2, 0) is 19.4 Å². The molecule has 1 amide bonds. The van der Waals surface area contributed by atoms with Gasteiger partial charge < -0.3 is 14.9 Å². The zero-order valence-corrected chi connectivity index (χ0v) is 17.6. The average molecular weight is 496 g/mol. The van der Waals surface area contributed by atoms with Gasteiger partial charge in [0.1, 0.15) is 5.52 Å². The normalized spacial score (nSPS) is 12.2. The van der Waals surface area contributed by atoms with Crippen LogP contribution in [0.1, 0.15) is 21.5 Å². The Labute approximate surface area is 191 Å². The standard InChI is InChI=1S/C22H14F6N4O3/c1-31-10-15(16-17(31)19(34)32(20(35)30-16)14-5-3-2-4-6-14)18(33)29-13-8-11(21(23,24)25)7-12(9-13)22(26,27)28/h2-10H,1H3,(H,29,33)(H,30,35). The highest BCUT2D eigenvalue weighted by Crippen LogP contribution is 2.37. The molecular formula is C22H14F6N4O3. The Morgan fingerprint density at radius 2 is 1.49 bits per heavy atom. The highest BCUT2D eigenvalue weighted by atomic mass is 19.4. The lowest BCUT2D eigenvalue weighted by Gasteiger charge is -2.14. The maximum absolute atomic E-state index is 13.1. The summed E-state index contributed by atoms with van der Waals surface area (Å²) in [5.41, 5.74) is -6.09. The van der Waals surface area contributed by atoms with Crippen molar-refractivity contribution in [3.05, 3.63) is 92.3 Å². The van der Waals surface area contributed by atoms with Crippen LogP contribution in [0.4, 0.5) is 32.0 Å². The second-order valence-corrected chi connectivity index (χ2v) is 7.53. The fraction of sp³-hybridized carbons (Fsp3) is 0.136. The number of nitrogens with one attached hydrogen (secondary N) is 2. The molecule has 0 saturated heterocycles. The molecular weight excluding hydrogens is 482 g/mol. The zero-order chi connectivity index (χ0) is 25.7. The molecule has 4 aromatic rings. The number of rotatable bonds is 3. The van der Waals surface area contributed by atoms with Crippen LogP contribution in [0.25, 0.3) is 16.7 Å². The molecule has 35 heavy (non-hydrogen) atoms. The lowest BCUT2D eigenvalue weighted by molar-refractivity contribution is -0.143. The summed E-state index contributed by atoms with van der Waals surface area (Å²) >= 11 is 0. The molecule has 0 aliphatic heterocycles. The van der Waals surface area contributed by atoms with Gasteiger partial charge in [0, 0.05) is 18.9 Å². The van der Waals surface area contributed by atoms with Gasteiger partial charge in [-0.1, -0.05) is 18.2 Å². The molecule has 0 saturated carbocycles. The van der Waals surface area contributed by atoms with Crippen molar-refractivity contribution in [2.45, 2.75) is 12.4 Å². The van der Waals surface area contributed by atoms with Gasteiger partial charge in [-0.2, -0.15) is 26.3 Å². The van der Waals surface area contributed by atoms with E-state index in [0.717, 1.165) is 10.8 Å². The topological polar surface area (TPSA) is 88.9 Å². The number of benzene rings is 2. The number of carbonyl (C=O) groups is 1. The highest BCUT2D eigenvalue weighted by molar-refractivity contribution is 6.11. The van der Waals surface area contributed by atoms with Gasteiger partial charge in [-0.15, -0.1) is 0 Å². The Balaban J connectivity index is 1.81. The molecule has 2 aromatic heterocycles. The highest BCUT2D eigenvalue weighted by Gasteiger charge is 2.37. The van der Waals surface area contributed by atoms with Crippen LogP contribution in [0.15, 0.2) is 64.3 Å². The van der Waals surface area contributed by atoms with E-state index in [1.165, 1.54) is 23.7 Å². The van der Waals surface area contributed by atoms with E-state index in [0.29, 0.717) is 12.1 Å². The lowest BCUT2D eigenvalue weighted by atomic mass is 10.1. The van der Waals surface area contributed by atoms with E-state index in [4.69, 9.17) is 0 Å². The van der Waals surface area contributed by atoms with Crippen LogP contribution >= 0.6 is 0 Å². The summed E-state index contributed by atoms with van der Waals surface area (Å²) in [5, 5.41) is 1.99. The molecule has 2 heterocycles. The molecule has 2 N–H and O–H groups in total. The van der Waals surface area contributed by atoms with E-state index in [1.807, 2.05) is 5.32 Å². The van der Waals surface area contributed by atoms with Crippen LogP contribution in [-0.4, -0.2) is 20.0 Å². The lowest BCUT2D eigenvalue weighted by Crippen LogP contribution is -2.34. The van der Waals surface area contributed by atoms with Gasteiger partial charge in [0.2, 0.25) is 0 Å². The van der Waals surface area contributed by atoms with Crippen LogP contribution in [0.3, 0.4) is 0 Å². The monoisotopic (exact) mass is 496 g/mol. The first-order chi connectivity index (χ1) is 16.3. The number of halogens is 6. The number of aromatic amines is 1. The summed E-state index contributed by atoms with van der Waals surface area (Å²) in [6.07, 6.45) is -9.08. The fourth-order valence-corrected chi connectivity index (χ4v) is 3.58. The molecule has 0 aliphatic carbocycles. The fourth-order valence-electron chi connectivity index (χ4n) is 3.58. The second-order valence-electron chi connectivity index (χ2n) is 7.53. The summed E-state index contributed by atoms with van der Waals surface area (Å²) in [6, 6.07) is 8.50. The summed E-state index contributed by atoms with van der Waals surface area (Å²) < 4.78 is 80.7. The summed E-state index contributed by atoms with van der Waals surface area (Å²) in [6.45, 7) is 0. The predicted molar refractivity (Wildman–Crippen MR) is 114 cm³/mol. The van der Waals surface area contributed by atoms with Crippen LogP contribution < -0.4 is 16.6 Å². The Hall–Kier alpha value is -4.29. The first kappa shape index (κ1) is 23.9. The molecule has 2 aromatic carbocycles. The van der Waals surface area contributed by atoms with Gasteiger partial charge in [0.25, 0.3) is 11.5 Å². The zero-order valence-electron chi connectivity index (χ0n) is 17.6.